The topological polar surface area (TPSA) is 56.1 Å². The van der Waals surface area contributed by atoms with Crippen LogP contribution in [0.25, 0.3) is 0 Å². The number of benzene rings is 2. The quantitative estimate of drug-likeness (QED) is 0.929. The van der Waals surface area contributed by atoms with Gasteiger partial charge < -0.3 is 10.2 Å². The largest absolute Gasteiger partial charge is 0.323 e. The first-order valence-corrected chi connectivity index (χ1v) is 6.83. The van der Waals surface area contributed by atoms with E-state index in [0.717, 1.165) is 11.6 Å². The number of anilines is 1. The Morgan fingerprint density at radius 1 is 1.36 bits per heavy atom. The van der Waals surface area contributed by atoms with Crippen LogP contribution in [-0.4, -0.2) is 18.0 Å². The molecule has 0 bridgehead atoms. The summed E-state index contributed by atoms with van der Waals surface area (Å²) in [5, 5.41) is 11.6. The first-order valence-electron chi connectivity index (χ1n) is 6.46. The van der Waals surface area contributed by atoms with Crippen LogP contribution >= 0.6 is 11.6 Å². The van der Waals surface area contributed by atoms with Crippen LogP contribution < -0.4 is 5.32 Å². The molecule has 2 aromatic carbocycles. The van der Waals surface area contributed by atoms with E-state index in [0.29, 0.717) is 12.1 Å². The molecule has 0 spiro atoms. The fourth-order valence-electron chi connectivity index (χ4n) is 1.89. The number of urea groups is 1. The Balaban J connectivity index is 2.04. The van der Waals surface area contributed by atoms with Gasteiger partial charge in [-0.1, -0.05) is 23.7 Å². The second kappa shape index (κ2) is 6.92. The van der Waals surface area contributed by atoms with E-state index in [2.05, 4.69) is 5.32 Å². The summed E-state index contributed by atoms with van der Waals surface area (Å²) < 4.78 is 13.6. The molecule has 0 fully saturated rings. The summed E-state index contributed by atoms with van der Waals surface area (Å²) in [6, 6.07) is 12.6. The molecule has 112 valence electrons. The van der Waals surface area contributed by atoms with E-state index in [4.69, 9.17) is 16.9 Å². The number of hydrogen-bond acceptors (Lipinski definition) is 2. The molecule has 0 saturated carbocycles. The lowest BCUT2D eigenvalue weighted by molar-refractivity contribution is 0.220. The average molecular weight is 318 g/mol. The van der Waals surface area contributed by atoms with Crippen LogP contribution in [0.2, 0.25) is 5.02 Å². The number of rotatable bonds is 3. The van der Waals surface area contributed by atoms with Crippen LogP contribution in [0.1, 0.15) is 11.1 Å². The Morgan fingerprint density at radius 3 is 2.82 bits per heavy atom. The van der Waals surface area contributed by atoms with Gasteiger partial charge in [-0.3, -0.25) is 0 Å². The summed E-state index contributed by atoms with van der Waals surface area (Å²) in [4.78, 5) is 13.5. The summed E-state index contributed by atoms with van der Waals surface area (Å²) in [5.74, 6) is -0.597. The predicted octanol–water partition coefficient (Wildman–Crippen LogP) is 4.01. The molecule has 1 N–H and O–H groups in total. The van der Waals surface area contributed by atoms with Gasteiger partial charge in [-0.2, -0.15) is 5.26 Å². The predicted molar refractivity (Wildman–Crippen MR) is 83.1 cm³/mol. The highest BCUT2D eigenvalue weighted by molar-refractivity contribution is 6.30. The minimum absolute atomic E-state index is 0.0621. The fraction of sp³-hybridized carbons (Fsp3) is 0.125. The molecule has 0 radical (unpaired) electrons. The maximum absolute atomic E-state index is 13.6. The van der Waals surface area contributed by atoms with Gasteiger partial charge in [0.2, 0.25) is 0 Å². The zero-order chi connectivity index (χ0) is 16.1. The van der Waals surface area contributed by atoms with Gasteiger partial charge >= 0.3 is 6.03 Å². The zero-order valence-electron chi connectivity index (χ0n) is 11.8. The molecule has 2 rings (SSSR count). The molecular formula is C16H13ClFN3O. The molecule has 22 heavy (non-hydrogen) atoms. The van der Waals surface area contributed by atoms with Crippen molar-refractivity contribution < 1.29 is 9.18 Å². The van der Waals surface area contributed by atoms with Crippen molar-refractivity contribution in [1.82, 2.24) is 4.90 Å². The van der Waals surface area contributed by atoms with Crippen molar-refractivity contribution in [3.63, 3.8) is 0 Å². The zero-order valence-corrected chi connectivity index (χ0v) is 12.6. The molecule has 0 saturated heterocycles. The number of nitrogens with zero attached hydrogens (tertiary/aromatic N) is 2. The van der Waals surface area contributed by atoms with Crippen molar-refractivity contribution in [2.45, 2.75) is 6.54 Å². The van der Waals surface area contributed by atoms with E-state index in [-0.39, 0.29) is 10.7 Å². The van der Waals surface area contributed by atoms with Gasteiger partial charge in [0.1, 0.15) is 5.82 Å². The smallest absolute Gasteiger partial charge is 0.321 e. The second-order valence-electron chi connectivity index (χ2n) is 4.72. The highest BCUT2D eigenvalue weighted by Crippen LogP contribution is 2.19. The molecule has 0 aliphatic rings. The maximum Gasteiger partial charge on any atom is 0.321 e. The second-order valence-corrected chi connectivity index (χ2v) is 5.16. The number of carbonyl (C=O) groups is 1. The van der Waals surface area contributed by atoms with E-state index >= 15 is 0 Å². The standard InChI is InChI=1S/C16H13ClFN3O/c1-21(10-12-4-2-3-11(7-12)9-19)16(22)20-15-6-5-13(17)8-14(15)18/h2-8H,10H2,1H3,(H,20,22). The molecule has 0 atom stereocenters. The van der Waals surface area contributed by atoms with Crippen molar-refractivity contribution in [1.29, 1.82) is 5.26 Å². The third kappa shape index (κ3) is 3.96. The first-order chi connectivity index (χ1) is 10.5. The van der Waals surface area contributed by atoms with Gasteiger partial charge in [-0.05, 0) is 35.9 Å². The van der Waals surface area contributed by atoms with Crippen LogP contribution in [-0.2, 0) is 6.54 Å². The molecule has 0 unspecified atom stereocenters. The summed E-state index contributed by atoms with van der Waals surface area (Å²) in [6.45, 7) is 0.302. The highest BCUT2D eigenvalue weighted by atomic mass is 35.5. The Kier molecular flexibility index (Phi) is 4.97. The lowest BCUT2D eigenvalue weighted by Gasteiger charge is -2.18. The van der Waals surface area contributed by atoms with Gasteiger partial charge in [0.25, 0.3) is 0 Å². The molecule has 0 aliphatic carbocycles. The Bertz CT molecular complexity index is 742. The van der Waals surface area contributed by atoms with Crippen molar-refractivity contribution in [2.24, 2.45) is 0 Å². The van der Waals surface area contributed by atoms with E-state index in [1.54, 1.807) is 25.2 Å². The molecule has 6 heteroatoms. The molecule has 2 amide bonds. The summed E-state index contributed by atoms with van der Waals surface area (Å²) in [7, 11) is 1.59. The van der Waals surface area contributed by atoms with Gasteiger partial charge in [-0.25, -0.2) is 9.18 Å². The average Bonchev–Trinajstić information content (AvgIpc) is 2.50. The highest BCUT2D eigenvalue weighted by Gasteiger charge is 2.12. The fourth-order valence-corrected chi connectivity index (χ4v) is 2.05. The van der Waals surface area contributed by atoms with Crippen molar-refractivity contribution in [3.8, 4) is 6.07 Å². The van der Waals surface area contributed by atoms with Gasteiger partial charge in [0, 0.05) is 18.6 Å². The minimum atomic E-state index is -0.597. The number of hydrogen-bond donors (Lipinski definition) is 1. The van der Waals surface area contributed by atoms with E-state index < -0.39 is 11.8 Å². The van der Waals surface area contributed by atoms with Crippen molar-refractivity contribution >= 4 is 23.3 Å². The summed E-state index contributed by atoms with van der Waals surface area (Å²) in [6.07, 6.45) is 0. The van der Waals surface area contributed by atoms with E-state index in [1.165, 1.54) is 17.0 Å². The molecular weight excluding hydrogens is 305 g/mol. The molecule has 0 heterocycles. The molecule has 0 aromatic heterocycles. The van der Waals surface area contributed by atoms with Gasteiger partial charge in [-0.15, -0.1) is 0 Å². The van der Waals surface area contributed by atoms with Crippen molar-refractivity contribution in [2.75, 3.05) is 12.4 Å². The molecule has 4 nitrogen and oxygen atoms in total. The minimum Gasteiger partial charge on any atom is -0.323 e. The first kappa shape index (κ1) is 15.8. The monoisotopic (exact) mass is 317 g/mol. The Labute approximate surface area is 132 Å². The van der Waals surface area contributed by atoms with Crippen LogP contribution in [0, 0.1) is 17.1 Å². The summed E-state index contributed by atoms with van der Waals surface area (Å²) in [5.41, 5.74) is 1.40. The number of amides is 2. The van der Waals surface area contributed by atoms with Gasteiger partial charge in [0.05, 0.1) is 17.3 Å². The van der Waals surface area contributed by atoms with Crippen LogP contribution in [0.3, 0.4) is 0 Å². The van der Waals surface area contributed by atoms with Crippen molar-refractivity contribution in [3.05, 3.63) is 64.4 Å². The third-order valence-electron chi connectivity index (χ3n) is 3.00. The summed E-state index contributed by atoms with van der Waals surface area (Å²) >= 11 is 5.66. The molecule has 0 aliphatic heterocycles. The lowest BCUT2D eigenvalue weighted by Crippen LogP contribution is -2.31. The molecule has 2 aromatic rings. The number of nitriles is 1. The number of carbonyl (C=O) groups excluding carboxylic acids is 1. The third-order valence-corrected chi connectivity index (χ3v) is 3.23. The van der Waals surface area contributed by atoms with E-state index in [1.807, 2.05) is 12.1 Å². The normalized spacial score (nSPS) is 9.91. The Morgan fingerprint density at radius 2 is 2.14 bits per heavy atom. The van der Waals surface area contributed by atoms with Crippen LogP contribution in [0.4, 0.5) is 14.9 Å². The van der Waals surface area contributed by atoms with Gasteiger partial charge in [0.15, 0.2) is 0 Å². The van der Waals surface area contributed by atoms with Crippen LogP contribution in [0.15, 0.2) is 42.5 Å². The Hall–Kier alpha value is -2.58. The number of halogens is 2. The maximum atomic E-state index is 13.6. The van der Waals surface area contributed by atoms with Crippen LogP contribution in [0.5, 0.6) is 0 Å². The SMILES string of the molecule is CN(Cc1cccc(C#N)c1)C(=O)Nc1ccc(Cl)cc1F. The van der Waals surface area contributed by atoms with E-state index in [9.17, 15) is 9.18 Å². The lowest BCUT2D eigenvalue weighted by atomic mass is 10.1. The number of nitrogens with one attached hydrogen (secondary N) is 1.